The first-order valence-corrected chi connectivity index (χ1v) is 5.67. The van der Waals surface area contributed by atoms with Crippen LogP contribution < -0.4 is 0 Å². The van der Waals surface area contributed by atoms with E-state index in [0.717, 1.165) is 17.8 Å². The van der Waals surface area contributed by atoms with Crippen molar-refractivity contribution in [1.29, 1.82) is 0 Å². The molecule has 1 unspecified atom stereocenters. The Morgan fingerprint density at radius 2 is 2.14 bits per heavy atom. The molecule has 14 heavy (non-hydrogen) atoms. The largest absolute Gasteiger partial charge is 0.261 e. The molecule has 1 aromatic heterocycles. The van der Waals surface area contributed by atoms with Gasteiger partial charge in [0.2, 0.25) is 0 Å². The normalized spacial score (nSPS) is 18.5. The first-order valence-electron chi connectivity index (χ1n) is 5.67. The summed E-state index contributed by atoms with van der Waals surface area (Å²) in [6.07, 6.45) is 5.95. The van der Waals surface area contributed by atoms with Gasteiger partial charge in [0.25, 0.3) is 0 Å². The van der Waals surface area contributed by atoms with E-state index in [1.54, 1.807) is 0 Å². The van der Waals surface area contributed by atoms with Gasteiger partial charge in [-0.2, -0.15) is 0 Å². The van der Waals surface area contributed by atoms with E-state index < -0.39 is 0 Å². The van der Waals surface area contributed by atoms with Gasteiger partial charge < -0.3 is 0 Å². The molecule has 1 aliphatic rings. The van der Waals surface area contributed by atoms with E-state index >= 15 is 0 Å². The van der Waals surface area contributed by atoms with Crippen LogP contribution in [0.15, 0.2) is 24.4 Å². The lowest BCUT2D eigenvalue weighted by Gasteiger charge is -2.19. The fourth-order valence-corrected chi connectivity index (χ4v) is 2.23. The van der Waals surface area contributed by atoms with Gasteiger partial charge in [-0.15, -0.1) is 0 Å². The second kappa shape index (κ2) is 4.12. The zero-order valence-corrected chi connectivity index (χ0v) is 9.11. The molecular formula is C13H19N. The van der Waals surface area contributed by atoms with Crippen molar-refractivity contribution in [3.8, 4) is 0 Å². The van der Waals surface area contributed by atoms with E-state index in [4.69, 9.17) is 0 Å². The van der Waals surface area contributed by atoms with Gasteiger partial charge in [-0.25, -0.2) is 0 Å². The summed E-state index contributed by atoms with van der Waals surface area (Å²) in [7, 11) is 0. The fraction of sp³-hybridized carbons (Fsp3) is 0.615. The molecule has 0 amide bonds. The SMILES string of the molecule is CC(C)C(Cc1ccccn1)C1CC1. The van der Waals surface area contributed by atoms with Gasteiger partial charge in [-0.3, -0.25) is 4.98 Å². The van der Waals surface area contributed by atoms with Crippen molar-refractivity contribution < 1.29 is 0 Å². The van der Waals surface area contributed by atoms with Crippen LogP contribution in [-0.2, 0) is 6.42 Å². The molecule has 1 aromatic rings. The molecule has 1 fully saturated rings. The van der Waals surface area contributed by atoms with Crippen molar-refractivity contribution in [3.05, 3.63) is 30.1 Å². The lowest BCUT2D eigenvalue weighted by Crippen LogP contribution is -2.14. The number of aromatic nitrogens is 1. The Balaban J connectivity index is 2.00. The second-order valence-corrected chi connectivity index (χ2v) is 4.77. The van der Waals surface area contributed by atoms with Crippen LogP contribution in [0.4, 0.5) is 0 Å². The maximum Gasteiger partial charge on any atom is 0.0406 e. The minimum absolute atomic E-state index is 0.796. The smallest absolute Gasteiger partial charge is 0.0406 e. The van der Waals surface area contributed by atoms with Crippen LogP contribution in [0, 0.1) is 17.8 Å². The summed E-state index contributed by atoms with van der Waals surface area (Å²) in [5.74, 6) is 2.63. The third-order valence-electron chi connectivity index (χ3n) is 3.25. The van der Waals surface area contributed by atoms with Crippen molar-refractivity contribution in [2.45, 2.75) is 33.1 Å². The fourth-order valence-electron chi connectivity index (χ4n) is 2.23. The Kier molecular flexibility index (Phi) is 2.85. The van der Waals surface area contributed by atoms with Crippen molar-refractivity contribution in [3.63, 3.8) is 0 Å². The van der Waals surface area contributed by atoms with Gasteiger partial charge in [0.15, 0.2) is 0 Å². The summed E-state index contributed by atoms with van der Waals surface area (Å²) >= 11 is 0. The number of nitrogens with zero attached hydrogens (tertiary/aromatic N) is 1. The Morgan fingerprint density at radius 3 is 2.64 bits per heavy atom. The lowest BCUT2D eigenvalue weighted by molar-refractivity contribution is 0.335. The quantitative estimate of drug-likeness (QED) is 0.708. The zero-order valence-electron chi connectivity index (χ0n) is 9.11. The summed E-state index contributed by atoms with van der Waals surface area (Å²) in [5, 5.41) is 0. The van der Waals surface area contributed by atoms with Gasteiger partial charge in [0.05, 0.1) is 0 Å². The molecule has 1 heterocycles. The van der Waals surface area contributed by atoms with Crippen LogP contribution in [0.25, 0.3) is 0 Å². The Bertz CT molecular complexity index is 273. The molecule has 0 N–H and O–H groups in total. The van der Waals surface area contributed by atoms with E-state index in [1.165, 1.54) is 25.0 Å². The lowest BCUT2D eigenvalue weighted by atomic mass is 9.87. The highest BCUT2D eigenvalue weighted by Crippen LogP contribution is 2.41. The highest BCUT2D eigenvalue weighted by atomic mass is 14.7. The first-order chi connectivity index (χ1) is 6.77. The molecule has 1 nitrogen and oxygen atoms in total. The van der Waals surface area contributed by atoms with Crippen LogP contribution in [-0.4, -0.2) is 4.98 Å². The Morgan fingerprint density at radius 1 is 1.36 bits per heavy atom. The summed E-state index contributed by atoms with van der Waals surface area (Å²) < 4.78 is 0. The molecule has 1 atom stereocenters. The Labute approximate surface area is 86.6 Å². The molecule has 1 saturated carbocycles. The molecule has 1 heteroatoms. The minimum atomic E-state index is 0.796. The van der Waals surface area contributed by atoms with Crippen LogP contribution >= 0.6 is 0 Å². The minimum Gasteiger partial charge on any atom is -0.261 e. The summed E-state index contributed by atoms with van der Waals surface area (Å²) in [5.41, 5.74) is 1.26. The molecule has 0 spiro atoms. The number of pyridine rings is 1. The molecule has 76 valence electrons. The number of rotatable bonds is 4. The second-order valence-electron chi connectivity index (χ2n) is 4.77. The standard InChI is InChI=1S/C13H19N/c1-10(2)13(11-6-7-11)9-12-5-3-4-8-14-12/h3-5,8,10-11,13H,6-7,9H2,1-2H3. The van der Waals surface area contributed by atoms with Crippen LogP contribution in [0.2, 0.25) is 0 Å². The molecule has 1 aliphatic carbocycles. The molecule has 0 bridgehead atoms. The van der Waals surface area contributed by atoms with Crippen molar-refractivity contribution in [1.82, 2.24) is 4.98 Å². The predicted octanol–water partition coefficient (Wildman–Crippen LogP) is 3.31. The van der Waals surface area contributed by atoms with Gasteiger partial charge in [0, 0.05) is 11.9 Å². The number of hydrogen-bond donors (Lipinski definition) is 0. The highest BCUT2D eigenvalue weighted by molar-refractivity contribution is 5.05. The van der Waals surface area contributed by atoms with E-state index in [-0.39, 0.29) is 0 Å². The van der Waals surface area contributed by atoms with Crippen LogP contribution in [0.3, 0.4) is 0 Å². The first kappa shape index (κ1) is 9.70. The number of hydrogen-bond acceptors (Lipinski definition) is 1. The van der Waals surface area contributed by atoms with E-state index in [1.807, 2.05) is 12.3 Å². The van der Waals surface area contributed by atoms with E-state index in [9.17, 15) is 0 Å². The van der Waals surface area contributed by atoms with Gasteiger partial charge >= 0.3 is 0 Å². The van der Waals surface area contributed by atoms with Gasteiger partial charge in [-0.05, 0) is 49.1 Å². The molecule has 0 radical (unpaired) electrons. The Hall–Kier alpha value is -0.850. The maximum atomic E-state index is 4.41. The predicted molar refractivity (Wildman–Crippen MR) is 59.0 cm³/mol. The van der Waals surface area contributed by atoms with Crippen molar-refractivity contribution >= 4 is 0 Å². The molecule has 2 rings (SSSR count). The average molecular weight is 189 g/mol. The van der Waals surface area contributed by atoms with E-state index in [0.29, 0.717) is 0 Å². The summed E-state index contributed by atoms with van der Waals surface area (Å²) in [4.78, 5) is 4.41. The van der Waals surface area contributed by atoms with Gasteiger partial charge in [0.1, 0.15) is 0 Å². The maximum absolute atomic E-state index is 4.41. The van der Waals surface area contributed by atoms with Crippen LogP contribution in [0.1, 0.15) is 32.4 Å². The van der Waals surface area contributed by atoms with Crippen LogP contribution in [0.5, 0.6) is 0 Å². The summed E-state index contributed by atoms with van der Waals surface area (Å²) in [6, 6.07) is 6.23. The van der Waals surface area contributed by atoms with Crippen molar-refractivity contribution in [2.24, 2.45) is 17.8 Å². The van der Waals surface area contributed by atoms with E-state index in [2.05, 4.69) is 31.0 Å². The van der Waals surface area contributed by atoms with Gasteiger partial charge in [-0.1, -0.05) is 19.9 Å². The third-order valence-corrected chi connectivity index (χ3v) is 3.25. The molecule has 0 saturated heterocycles. The third kappa shape index (κ3) is 2.34. The zero-order chi connectivity index (χ0) is 9.97. The van der Waals surface area contributed by atoms with Crippen molar-refractivity contribution in [2.75, 3.05) is 0 Å². The topological polar surface area (TPSA) is 12.9 Å². The molecule has 0 aliphatic heterocycles. The highest BCUT2D eigenvalue weighted by Gasteiger charge is 2.33. The monoisotopic (exact) mass is 189 g/mol. The summed E-state index contributed by atoms with van der Waals surface area (Å²) in [6.45, 7) is 4.68. The molecule has 0 aromatic carbocycles. The molecular weight excluding hydrogens is 170 g/mol. The average Bonchev–Trinajstić information content (AvgIpc) is 2.99.